The summed E-state index contributed by atoms with van der Waals surface area (Å²) in [5.41, 5.74) is 2.38. The molecule has 1 aliphatic rings. The maximum Gasteiger partial charge on any atom is 0.245 e. The molecule has 0 amide bonds. The highest BCUT2D eigenvalue weighted by molar-refractivity contribution is 7.89. The van der Waals surface area contributed by atoms with E-state index in [9.17, 15) is 8.42 Å². The zero-order valence-electron chi connectivity index (χ0n) is 18.8. The van der Waals surface area contributed by atoms with Gasteiger partial charge in [0.1, 0.15) is 6.04 Å². The van der Waals surface area contributed by atoms with E-state index in [4.69, 9.17) is 4.52 Å². The van der Waals surface area contributed by atoms with Crippen LogP contribution in [0.1, 0.15) is 47.6 Å². The van der Waals surface area contributed by atoms with Crippen molar-refractivity contribution in [2.75, 3.05) is 6.54 Å². The quantitative estimate of drug-likeness (QED) is 0.353. The van der Waals surface area contributed by atoms with E-state index < -0.39 is 16.1 Å². The highest BCUT2D eigenvalue weighted by atomic mass is 32.2. The molecule has 5 rings (SSSR count). The molecular formula is C27H27N3O3S. The summed E-state index contributed by atoms with van der Waals surface area (Å²) < 4.78 is 34.3. The second-order valence-electron chi connectivity index (χ2n) is 8.63. The van der Waals surface area contributed by atoms with Crippen molar-refractivity contribution in [2.45, 2.75) is 42.5 Å². The van der Waals surface area contributed by atoms with Gasteiger partial charge in [0.25, 0.3) is 0 Å². The summed E-state index contributed by atoms with van der Waals surface area (Å²) in [6.07, 6.45) is 3.10. The van der Waals surface area contributed by atoms with Crippen molar-refractivity contribution in [3.8, 4) is 0 Å². The maximum absolute atomic E-state index is 13.6. The van der Waals surface area contributed by atoms with Gasteiger partial charge in [0, 0.05) is 13.0 Å². The fraction of sp³-hybridized carbons (Fsp3) is 0.259. The third kappa shape index (κ3) is 4.81. The lowest BCUT2D eigenvalue weighted by Gasteiger charge is -2.21. The number of sulfonamides is 1. The first-order chi connectivity index (χ1) is 16.6. The third-order valence-corrected chi connectivity index (χ3v) is 8.24. The normalized spacial score (nSPS) is 18.8. The van der Waals surface area contributed by atoms with Crippen molar-refractivity contribution < 1.29 is 12.9 Å². The lowest BCUT2D eigenvalue weighted by atomic mass is 9.96. The highest BCUT2D eigenvalue weighted by Crippen LogP contribution is 2.43. The van der Waals surface area contributed by atoms with Crippen LogP contribution in [-0.4, -0.2) is 29.4 Å². The number of aromatic nitrogens is 2. The van der Waals surface area contributed by atoms with Gasteiger partial charge >= 0.3 is 0 Å². The first kappa shape index (κ1) is 22.5. The zero-order valence-corrected chi connectivity index (χ0v) is 19.6. The molecule has 0 aliphatic carbocycles. The molecule has 3 aromatic carbocycles. The van der Waals surface area contributed by atoms with E-state index >= 15 is 0 Å². The van der Waals surface area contributed by atoms with Crippen LogP contribution in [0.5, 0.6) is 0 Å². The molecule has 174 valence electrons. The average molecular weight is 474 g/mol. The monoisotopic (exact) mass is 473 g/mol. The Bertz CT molecular complexity index is 1310. The Kier molecular flexibility index (Phi) is 6.56. The lowest BCUT2D eigenvalue weighted by Crippen LogP contribution is -2.31. The first-order valence-corrected chi connectivity index (χ1v) is 13.0. The topological polar surface area (TPSA) is 76.3 Å². The van der Waals surface area contributed by atoms with Gasteiger partial charge in [-0.1, -0.05) is 84.0 Å². The Morgan fingerprint density at radius 1 is 0.853 bits per heavy atom. The van der Waals surface area contributed by atoms with E-state index in [0.717, 1.165) is 18.4 Å². The molecule has 34 heavy (non-hydrogen) atoms. The summed E-state index contributed by atoms with van der Waals surface area (Å²) in [6.45, 7) is 0.373. The summed E-state index contributed by atoms with van der Waals surface area (Å²) in [5, 5.41) is 4.17. The second kappa shape index (κ2) is 9.91. The van der Waals surface area contributed by atoms with E-state index in [-0.39, 0.29) is 10.8 Å². The SMILES string of the molecule is O=S(=O)(c1ccccc1)N1C[C@H](c2ccccc2)C[C@H]1c1nc(CCCc2ccccc2)no1. The Morgan fingerprint density at radius 2 is 1.50 bits per heavy atom. The molecule has 6 nitrogen and oxygen atoms in total. The lowest BCUT2D eigenvalue weighted by molar-refractivity contribution is 0.289. The molecule has 2 heterocycles. The van der Waals surface area contributed by atoms with Crippen LogP contribution in [0.3, 0.4) is 0 Å². The fourth-order valence-electron chi connectivity index (χ4n) is 4.59. The minimum Gasteiger partial charge on any atom is -0.338 e. The van der Waals surface area contributed by atoms with Crippen LogP contribution < -0.4 is 0 Å². The van der Waals surface area contributed by atoms with Crippen molar-refractivity contribution in [1.29, 1.82) is 0 Å². The van der Waals surface area contributed by atoms with E-state index in [1.165, 1.54) is 9.87 Å². The Hall–Kier alpha value is -3.29. The number of aryl methyl sites for hydroxylation is 2. The summed E-state index contributed by atoms with van der Waals surface area (Å²) in [7, 11) is -3.72. The molecular weight excluding hydrogens is 446 g/mol. The summed E-state index contributed by atoms with van der Waals surface area (Å²) >= 11 is 0. The molecule has 0 spiro atoms. The zero-order chi connectivity index (χ0) is 23.4. The summed E-state index contributed by atoms with van der Waals surface area (Å²) in [6, 6.07) is 28.4. The highest BCUT2D eigenvalue weighted by Gasteiger charge is 2.44. The molecule has 2 atom stereocenters. The molecule has 1 saturated heterocycles. The summed E-state index contributed by atoms with van der Waals surface area (Å²) in [5.74, 6) is 1.04. The van der Waals surface area contributed by atoms with E-state index in [0.29, 0.717) is 31.1 Å². The van der Waals surface area contributed by atoms with Gasteiger partial charge in [0.15, 0.2) is 5.82 Å². The van der Waals surface area contributed by atoms with Crippen LogP contribution in [0.4, 0.5) is 0 Å². The molecule has 7 heteroatoms. The molecule has 0 radical (unpaired) electrons. The van der Waals surface area contributed by atoms with Crippen molar-refractivity contribution in [3.63, 3.8) is 0 Å². The molecule has 1 fully saturated rings. The van der Waals surface area contributed by atoms with Gasteiger partial charge < -0.3 is 4.52 Å². The van der Waals surface area contributed by atoms with Crippen molar-refractivity contribution in [1.82, 2.24) is 14.4 Å². The Balaban J connectivity index is 1.37. The van der Waals surface area contributed by atoms with Gasteiger partial charge in [0.2, 0.25) is 15.9 Å². The van der Waals surface area contributed by atoms with Gasteiger partial charge in [0.05, 0.1) is 4.90 Å². The van der Waals surface area contributed by atoms with Gasteiger partial charge in [-0.05, 0) is 48.4 Å². The number of hydrogen-bond donors (Lipinski definition) is 0. The molecule has 1 aliphatic heterocycles. The van der Waals surface area contributed by atoms with Crippen LogP contribution in [0.25, 0.3) is 0 Å². The van der Waals surface area contributed by atoms with Gasteiger partial charge in [-0.15, -0.1) is 0 Å². The Labute approximate surface area is 200 Å². The summed E-state index contributed by atoms with van der Waals surface area (Å²) in [4.78, 5) is 4.90. The molecule has 0 N–H and O–H groups in total. The van der Waals surface area contributed by atoms with Crippen LogP contribution in [0.15, 0.2) is 100 Å². The largest absolute Gasteiger partial charge is 0.338 e. The standard InChI is InChI=1S/C27H27N3O3S/c31-34(32,24-16-8-3-9-17-24)30-20-23(22-14-6-2-7-15-22)19-25(30)27-28-26(29-33-27)18-10-13-21-11-4-1-5-12-21/h1-9,11-12,14-17,23,25H,10,13,18-20H2/t23-,25+/m1/s1. The average Bonchev–Trinajstić information content (AvgIpc) is 3.54. The predicted molar refractivity (Wildman–Crippen MR) is 130 cm³/mol. The van der Waals surface area contributed by atoms with Crippen molar-refractivity contribution in [2.24, 2.45) is 0 Å². The van der Waals surface area contributed by atoms with Gasteiger partial charge in [-0.3, -0.25) is 0 Å². The number of rotatable bonds is 8. The van der Waals surface area contributed by atoms with Gasteiger partial charge in [-0.2, -0.15) is 9.29 Å². The van der Waals surface area contributed by atoms with E-state index in [1.807, 2.05) is 54.6 Å². The minimum atomic E-state index is -3.72. The number of benzene rings is 3. The van der Waals surface area contributed by atoms with Crippen LogP contribution in [0, 0.1) is 0 Å². The van der Waals surface area contributed by atoms with Crippen LogP contribution in [0.2, 0.25) is 0 Å². The number of nitrogens with zero attached hydrogens (tertiary/aromatic N) is 3. The third-order valence-electron chi connectivity index (χ3n) is 6.35. The predicted octanol–water partition coefficient (Wildman–Crippen LogP) is 5.16. The van der Waals surface area contributed by atoms with Crippen molar-refractivity contribution >= 4 is 10.0 Å². The van der Waals surface area contributed by atoms with Crippen LogP contribution in [-0.2, 0) is 22.9 Å². The maximum atomic E-state index is 13.6. The van der Waals surface area contributed by atoms with Crippen molar-refractivity contribution in [3.05, 3.63) is 114 Å². The number of hydrogen-bond acceptors (Lipinski definition) is 5. The second-order valence-corrected chi connectivity index (χ2v) is 10.5. The fourth-order valence-corrected chi connectivity index (χ4v) is 6.25. The molecule has 0 bridgehead atoms. The first-order valence-electron chi connectivity index (χ1n) is 11.6. The molecule has 4 aromatic rings. The van der Waals surface area contributed by atoms with Crippen LogP contribution >= 0.6 is 0 Å². The molecule has 1 aromatic heterocycles. The molecule has 0 saturated carbocycles. The molecule has 0 unspecified atom stereocenters. The smallest absolute Gasteiger partial charge is 0.245 e. The Morgan fingerprint density at radius 3 is 2.21 bits per heavy atom. The minimum absolute atomic E-state index is 0.0538. The van der Waals surface area contributed by atoms with E-state index in [2.05, 4.69) is 22.3 Å². The van der Waals surface area contributed by atoms with E-state index in [1.54, 1.807) is 24.3 Å². The van der Waals surface area contributed by atoms with Gasteiger partial charge in [-0.25, -0.2) is 8.42 Å².